The molecule has 0 aliphatic carbocycles. The van der Waals surface area contributed by atoms with Crippen LogP contribution in [0, 0.1) is 5.82 Å². The number of rotatable bonds is 3. The lowest BCUT2D eigenvalue weighted by molar-refractivity contribution is 0.0785. The van der Waals surface area contributed by atoms with Crippen molar-refractivity contribution in [2.24, 2.45) is 0 Å². The second-order valence-corrected chi connectivity index (χ2v) is 5.13. The molecule has 1 amide bonds. The SMILES string of the molecule is CN(Cc1ccccc1F)C(=O)c1cccc2cccnc12. The van der Waals surface area contributed by atoms with E-state index in [0.29, 0.717) is 16.6 Å². The van der Waals surface area contributed by atoms with Gasteiger partial charge in [0.05, 0.1) is 11.1 Å². The van der Waals surface area contributed by atoms with Crippen molar-refractivity contribution in [1.82, 2.24) is 9.88 Å². The quantitative estimate of drug-likeness (QED) is 0.739. The molecule has 0 aliphatic rings. The van der Waals surface area contributed by atoms with Crippen molar-refractivity contribution in [3.63, 3.8) is 0 Å². The van der Waals surface area contributed by atoms with E-state index in [1.54, 1.807) is 37.5 Å². The number of para-hydroxylation sites is 1. The molecule has 3 aromatic rings. The van der Waals surface area contributed by atoms with Crippen LogP contribution in [0.1, 0.15) is 15.9 Å². The topological polar surface area (TPSA) is 33.2 Å². The second-order valence-electron chi connectivity index (χ2n) is 5.13. The summed E-state index contributed by atoms with van der Waals surface area (Å²) in [6.45, 7) is 0.217. The molecule has 0 fully saturated rings. The number of halogens is 1. The zero-order chi connectivity index (χ0) is 15.5. The third kappa shape index (κ3) is 2.68. The van der Waals surface area contributed by atoms with Crippen LogP contribution in [-0.2, 0) is 6.54 Å². The third-order valence-corrected chi connectivity index (χ3v) is 3.58. The number of hydrogen-bond donors (Lipinski definition) is 0. The summed E-state index contributed by atoms with van der Waals surface area (Å²) >= 11 is 0. The summed E-state index contributed by atoms with van der Waals surface area (Å²) in [5.41, 5.74) is 1.68. The van der Waals surface area contributed by atoms with Gasteiger partial charge in [0.1, 0.15) is 5.82 Å². The smallest absolute Gasteiger partial charge is 0.256 e. The zero-order valence-corrected chi connectivity index (χ0v) is 12.2. The van der Waals surface area contributed by atoms with Crippen LogP contribution >= 0.6 is 0 Å². The Morgan fingerprint density at radius 2 is 1.86 bits per heavy atom. The summed E-state index contributed by atoms with van der Waals surface area (Å²) in [5, 5.41) is 0.910. The molecule has 3 nitrogen and oxygen atoms in total. The van der Waals surface area contributed by atoms with E-state index in [1.165, 1.54) is 11.0 Å². The summed E-state index contributed by atoms with van der Waals surface area (Å²) < 4.78 is 13.7. The molecule has 0 aliphatic heterocycles. The fraction of sp³-hybridized carbons (Fsp3) is 0.111. The van der Waals surface area contributed by atoms with Crippen LogP contribution in [0.25, 0.3) is 10.9 Å². The Hall–Kier alpha value is -2.75. The Morgan fingerprint density at radius 3 is 2.68 bits per heavy atom. The van der Waals surface area contributed by atoms with E-state index in [0.717, 1.165) is 5.39 Å². The van der Waals surface area contributed by atoms with Gasteiger partial charge in [-0.3, -0.25) is 9.78 Å². The largest absolute Gasteiger partial charge is 0.337 e. The summed E-state index contributed by atoms with van der Waals surface area (Å²) in [7, 11) is 1.66. The predicted octanol–water partition coefficient (Wildman–Crippen LogP) is 3.65. The number of fused-ring (bicyclic) bond motifs is 1. The number of aromatic nitrogens is 1. The fourth-order valence-electron chi connectivity index (χ4n) is 2.44. The highest BCUT2D eigenvalue weighted by molar-refractivity contribution is 6.05. The molecule has 0 unspecified atom stereocenters. The van der Waals surface area contributed by atoms with Crippen molar-refractivity contribution in [2.45, 2.75) is 6.54 Å². The van der Waals surface area contributed by atoms with Crippen molar-refractivity contribution in [3.8, 4) is 0 Å². The van der Waals surface area contributed by atoms with E-state index in [-0.39, 0.29) is 18.3 Å². The Morgan fingerprint density at radius 1 is 1.09 bits per heavy atom. The molecular weight excluding hydrogens is 279 g/mol. The van der Waals surface area contributed by atoms with Crippen LogP contribution in [0.15, 0.2) is 60.8 Å². The molecule has 4 heteroatoms. The minimum Gasteiger partial charge on any atom is -0.337 e. The van der Waals surface area contributed by atoms with E-state index >= 15 is 0 Å². The highest BCUT2D eigenvalue weighted by Crippen LogP contribution is 2.18. The first-order valence-electron chi connectivity index (χ1n) is 6.99. The number of amides is 1. The maximum atomic E-state index is 13.7. The molecule has 0 saturated carbocycles. The molecule has 22 heavy (non-hydrogen) atoms. The van der Waals surface area contributed by atoms with Gasteiger partial charge in [-0.1, -0.05) is 36.4 Å². The first-order chi connectivity index (χ1) is 10.7. The first-order valence-corrected chi connectivity index (χ1v) is 6.99. The average Bonchev–Trinajstić information content (AvgIpc) is 2.55. The van der Waals surface area contributed by atoms with Gasteiger partial charge in [-0.25, -0.2) is 4.39 Å². The summed E-state index contributed by atoms with van der Waals surface area (Å²) in [5.74, 6) is -0.481. The minimum atomic E-state index is -0.307. The molecule has 0 N–H and O–H groups in total. The van der Waals surface area contributed by atoms with E-state index in [1.807, 2.05) is 24.3 Å². The molecule has 0 saturated heterocycles. The van der Waals surface area contributed by atoms with Crippen LogP contribution in [0.4, 0.5) is 4.39 Å². The fourth-order valence-corrected chi connectivity index (χ4v) is 2.44. The van der Waals surface area contributed by atoms with Gasteiger partial charge in [0.15, 0.2) is 0 Å². The van der Waals surface area contributed by atoms with Gasteiger partial charge < -0.3 is 4.90 Å². The van der Waals surface area contributed by atoms with Crippen molar-refractivity contribution < 1.29 is 9.18 Å². The van der Waals surface area contributed by atoms with E-state index in [9.17, 15) is 9.18 Å². The number of carbonyl (C=O) groups excluding carboxylic acids is 1. The lowest BCUT2D eigenvalue weighted by atomic mass is 10.1. The van der Waals surface area contributed by atoms with E-state index in [2.05, 4.69) is 4.98 Å². The molecule has 2 aromatic carbocycles. The standard InChI is InChI=1S/C18H15FN2O/c1-21(12-14-6-2-3-10-16(14)19)18(22)15-9-4-7-13-8-5-11-20-17(13)15/h2-11H,12H2,1H3. The van der Waals surface area contributed by atoms with Crippen LogP contribution in [0.3, 0.4) is 0 Å². The Bertz CT molecular complexity index is 827. The maximum Gasteiger partial charge on any atom is 0.256 e. The highest BCUT2D eigenvalue weighted by atomic mass is 19.1. The maximum absolute atomic E-state index is 13.7. The number of pyridine rings is 1. The van der Waals surface area contributed by atoms with Gasteiger partial charge in [0.25, 0.3) is 5.91 Å². The van der Waals surface area contributed by atoms with Gasteiger partial charge in [0, 0.05) is 30.7 Å². The minimum absolute atomic E-state index is 0.174. The van der Waals surface area contributed by atoms with Gasteiger partial charge in [-0.15, -0.1) is 0 Å². The summed E-state index contributed by atoms with van der Waals surface area (Å²) in [4.78, 5) is 18.4. The molecule has 1 aromatic heterocycles. The average molecular weight is 294 g/mol. The van der Waals surface area contributed by atoms with Crippen molar-refractivity contribution >= 4 is 16.8 Å². The molecule has 0 radical (unpaired) electrons. The summed E-state index contributed by atoms with van der Waals surface area (Å²) in [6.07, 6.45) is 1.66. The first kappa shape index (κ1) is 14.2. The van der Waals surface area contributed by atoms with Crippen molar-refractivity contribution in [2.75, 3.05) is 7.05 Å². The van der Waals surface area contributed by atoms with Crippen LogP contribution in [0.2, 0.25) is 0 Å². The number of hydrogen-bond acceptors (Lipinski definition) is 2. The number of nitrogens with zero attached hydrogens (tertiary/aromatic N) is 2. The molecule has 0 spiro atoms. The van der Waals surface area contributed by atoms with Gasteiger partial charge in [-0.05, 0) is 18.2 Å². The number of benzene rings is 2. The molecule has 0 bridgehead atoms. The normalized spacial score (nSPS) is 10.6. The zero-order valence-electron chi connectivity index (χ0n) is 12.2. The van der Waals surface area contributed by atoms with Crippen LogP contribution < -0.4 is 0 Å². The highest BCUT2D eigenvalue weighted by Gasteiger charge is 2.16. The molecule has 110 valence electrons. The molecule has 3 rings (SSSR count). The lowest BCUT2D eigenvalue weighted by Gasteiger charge is -2.18. The van der Waals surface area contributed by atoms with Crippen molar-refractivity contribution in [3.05, 3.63) is 77.7 Å². The van der Waals surface area contributed by atoms with Gasteiger partial charge in [-0.2, -0.15) is 0 Å². The lowest BCUT2D eigenvalue weighted by Crippen LogP contribution is -2.27. The summed E-state index contributed by atoms with van der Waals surface area (Å²) in [6, 6.07) is 15.7. The molecular formula is C18H15FN2O. The predicted molar refractivity (Wildman–Crippen MR) is 83.9 cm³/mol. The van der Waals surface area contributed by atoms with E-state index < -0.39 is 0 Å². The van der Waals surface area contributed by atoms with Crippen LogP contribution in [0.5, 0.6) is 0 Å². The van der Waals surface area contributed by atoms with Crippen LogP contribution in [-0.4, -0.2) is 22.8 Å². The Balaban J connectivity index is 1.91. The molecule has 1 heterocycles. The van der Waals surface area contributed by atoms with Gasteiger partial charge in [0.2, 0.25) is 0 Å². The number of carbonyl (C=O) groups is 1. The Kier molecular flexibility index (Phi) is 3.83. The monoisotopic (exact) mass is 294 g/mol. The van der Waals surface area contributed by atoms with Crippen molar-refractivity contribution in [1.29, 1.82) is 0 Å². The molecule has 0 atom stereocenters. The van der Waals surface area contributed by atoms with E-state index in [4.69, 9.17) is 0 Å². The van der Waals surface area contributed by atoms with Gasteiger partial charge >= 0.3 is 0 Å². The third-order valence-electron chi connectivity index (χ3n) is 3.58. The second kappa shape index (κ2) is 5.93. The Labute approximate surface area is 128 Å².